The van der Waals surface area contributed by atoms with Gasteiger partial charge in [-0.3, -0.25) is 4.79 Å². The highest BCUT2D eigenvalue weighted by molar-refractivity contribution is 6.05. The number of rotatable bonds is 4. The van der Waals surface area contributed by atoms with Crippen LogP contribution in [0.5, 0.6) is 0 Å². The fourth-order valence-corrected chi connectivity index (χ4v) is 4.36. The number of pyridine rings is 1. The number of ether oxygens (including phenoxy) is 1. The Bertz CT molecular complexity index is 1250. The fraction of sp³-hybridized carbons (Fsp3) is 0.333. The second-order valence-corrected chi connectivity index (χ2v) is 7.81. The lowest BCUT2D eigenvalue weighted by Crippen LogP contribution is -2.48. The lowest BCUT2D eigenvalue weighted by molar-refractivity contribution is -0.137. The minimum Gasteiger partial charge on any atom is -0.462 e. The first-order valence-corrected chi connectivity index (χ1v) is 10.7. The molecule has 174 valence electrons. The lowest BCUT2D eigenvalue weighted by Gasteiger charge is -2.39. The Kier molecular flexibility index (Phi) is 6.05. The summed E-state index contributed by atoms with van der Waals surface area (Å²) in [4.78, 5) is 29.5. The highest BCUT2D eigenvalue weighted by Gasteiger charge is 2.36. The Morgan fingerprint density at radius 3 is 2.24 bits per heavy atom. The first-order chi connectivity index (χ1) is 15.7. The molecule has 1 aliphatic heterocycles. The molecule has 0 saturated carbocycles. The fourth-order valence-electron chi connectivity index (χ4n) is 4.36. The molecule has 1 fully saturated rings. The summed E-state index contributed by atoms with van der Waals surface area (Å²) in [5.41, 5.74) is 0.0642. The third-order valence-corrected chi connectivity index (χ3v) is 5.90. The van der Waals surface area contributed by atoms with E-state index in [4.69, 9.17) is 4.74 Å². The quantitative estimate of drug-likeness (QED) is 0.551. The predicted octanol–water partition coefficient (Wildman–Crippen LogP) is 4.06. The van der Waals surface area contributed by atoms with Gasteiger partial charge in [0.1, 0.15) is 5.56 Å². The molecule has 2 heterocycles. The number of esters is 1. The van der Waals surface area contributed by atoms with Gasteiger partial charge in [0.2, 0.25) is 0 Å². The standard InChI is InChI=1S/C24H24F3N3O3/c1-3-33-23(32)20-21(16-8-4-6-10-18(16)28(2)22(20)31)30-14-12-29(13-15-30)19-11-7-5-9-17(19)24(25,26)27/h4-11H,3,12-15H2,1-2H3. The molecule has 4 rings (SSSR count). The van der Waals surface area contributed by atoms with Crippen LogP contribution in [0.4, 0.5) is 24.5 Å². The number of para-hydroxylation sites is 2. The molecule has 1 saturated heterocycles. The summed E-state index contributed by atoms with van der Waals surface area (Å²) in [5.74, 6) is -0.705. The maximum absolute atomic E-state index is 13.5. The normalized spacial score (nSPS) is 14.6. The molecule has 1 aromatic heterocycles. The van der Waals surface area contributed by atoms with E-state index in [1.54, 1.807) is 31.0 Å². The van der Waals surface area contributed by atoms with E-state index in [0.717, 1.165) is 6.07 Å². The Morgan fingerprint density at radius 2 is 1.58 bits per heavy atom. The van der Waals surface area contributed by atoms with Crippen molar-refractivity contribution in [3.05, 3.63) is 70.0 Å². The average molecular weight is 459 g/mol. The number of halogens is 3. The number of aryl methyl sites for hydroxylation is 1. The maximum Gasteiger partial charge on any atom is 0.418 e. The van der Waals surface area contributed by atoms with Crippen molar-refractivity contribution in [3.63, 3.8) is 0 Å². The zero-order valence-electron chi connectivity index (χ0n) is 18.4. The zero-order valence-corrected chi connectivity index (χ0v) is 18.4. The van der Waals surface area contributed by atoms with Gasteiger partial charge in [-0.2, -0.15) is 13.2 Å². The van der Waals surface area contributed by atoms with Crippen molar-refractivity contribution in [2.45, 2.75) is 13.1 Å². The molecule has 0 unspecified atom stereocenters. The number of piperazine rings is 1. The van der Waals surface area contributed by atoms with E-state index < -0.39 is 23.3 Å². The second-order valence-electron chi connectivity index (χ2n) is 7.81. The number of carbonyl (C=O) groups is 1. The molecule has 0 amide bonds. The lowest BCUT2D eigenvalue weighted by atomic mass is 10.1. The van der Waals surface area contributed by atoms with Gasteiger partial charge in [-0.15, -0.1) is 0 Å². The van der Waals surface area contributed by atoms with E-state index in [1.165, 1.54) is 16.7 Å². The number of benzene rings is 2. The molecule has 0 N–H and O–H groups in total. The topological polar surface area (TPSA) is 54.8 Å². The van der Waals surface area contributed by atoms with E-state index in [-0.39, 0.29) is 17.9 Å². The van der Waals surface area contributed by atoms with Crippen LogP contribution in [0.2, 0.25) is 0 Å². The molecule has 9 heteroatoms. The number of alkyl halides is 3. The first kappa shape index (κ1) is 22.7. The maximum atomic E-state index is 13.5. The van der Waals surface area contributed by atoms with Crippen LogP contribution in [-0.2, 0) is 18.0 Å². The summed E-state index contributed by atoms with van der Waals surface area (Å²) in [5, 5.41) is 0.715. The van der Waals surface area contributed by atoms with Crippen molar-refractivity contribution >= 4 is 28.2 Å². The van der Waals surface area contributed by atoms with Crippen LogP contribution in [0.25, 0.3) is 10.9 Å². The number of hydrogen-bond acceptors (Lipinski definition) is 5. The second kappa shape index (κ2) is 8.80. The minimum absolute atomic E-state index is 0.0535. The zero-order chi connectivity index (χ0) is 23.8. The number of carbonyl (C=O) groups excluding carboxylic acids is 1. The number of anilines is 2. The van der Waals surface area contributed by atoms with Crippen LogP contribution >= 0.6 is 0 Å². The molecule has 0 atom stereocenters. The summed E-state index contributed by atoms with van der Waals surface area (Å²) in [6.45, 7) is 3.08. The number of hydrogen-bond donors (Lipinski definition) is 0. The third-order valence-electron chi connectivity index (χ3n) is 5.90. The van der Waals surface area contributed by atoms with Crippen molar-refractivity contribution in [3.8, 4) is 0 Å². The Hall–Kier alpha value is -3.49. The van der Waals surface area contributed by atoms with Gasteiger partial charge in [-0.1, -0.05) is 30.3 Å². The summed E-state index contributed by atoms with van der Waals surface area (Å²) in [7, 11) is 1.60. The molecular weight excluding hydrogens is 435 g/mol. The minimum atomic E-state index is -4.45. The Labute approximate surface area is 188 Å². The molecule has 33 heavy (non-hydrogen) atoms. The molecule has 3 aromatic rings. The molecule has 1 aliphatic rings. The molecule has 0 aliphatic carbocycles. The van der Waals surface area contributed by atoms with Crippen molar-refractivity contribution in [1.82, 2.24) is 4.57 Å². The van der Waals surface area contributed by atoms with Crippen LogP contribution in [0.3, 0.4) is 0 Å². The SMILES string of the molecule is CCOC(=O)c1c(N2CCN(c3ccccc3C(F)(F)F)CC2)c2ccccc2n(C)c1=O. The van der Waals surface area contributed by atoms with E-state index >= 15 is 0 Å². The van der Waals surface area contributed by atoms with Crippen LogP contribution in [0, 0.1) is 0 Å². The van der Waals surface area contributed by atoms with Crippen LogP contribution in [0.1, 0.15) is 22.8 Å². The molecule has 0 spiro atoms. The summed E-state index contributed by atoms with van der Waals surface area (Å²) in [6, 6.07) is 12.8. The van der Waals surface area contributed by atoms with Crippen molar-refractivity contribution < 1.29 is 22.7 Å². The van der Waals surface area contributed by atoms with E-state index in [9.17, 15) is 22.8 Å². The monoisotopic (exact) mass is 459 g/mol. The highest BCUT2D eigenvalue weighted by Crippen LogP contribution is 2.37. The van der Waals surface area contributed by atoms with Gasteiger partial charge in [-0.05, 0) is 25.1 Å². The Balaban J connectivity index is 1.74. The van der Waals surface area contributed by atoms with Crippen molar-refractivity contribution in [2.75, 3.05) is 42.6 Å². The summed E-state index contributed by atoms with van der Waals surface area (Å²) >= 11 is 0. The average Bonchev–Trinajstić information content (AvgIpc) is 2.81. The summed E-state index contributed by atoms with van der Waals surface area (Å²) in [6.07, 6.45) is -4.45. The number of aromatic nitrogens is 1. The number of nitrogens with zero attached hydrogens (tertiary/aromatic N) is 3. The van der Waals surface area contributed by atoms with Crippen molar-refractivity contribution in [1.29, 1.82) is 0 Å². The molecular formula is C24H24F3N3O3. The Morgan fingerprint density at radius 1 is 0.970 bits per heavy atom. The highest BCUT2D eigenvalue weighted by atomic mass is 19.4. The first-order valence-electron chi connectivity index (χ1n) is 10.7. The van der Waals surface area contributed by atoms with Gasteiger partial charge in [-0.25, -0.2) is 4.79 Å². The predicted molar refractivity (Wildman–Crippen MR) is 121 cm³/mol. The van der Waals surface area contributed by atoms with Crippen LogP contribution in [0.15, 0.2) is 53.3 Å². The molecule has 0 radical (unpaired) electrons. The molecule has 6 nitrogen and oxygen atoms in total. The smallest absolute Gasteiger partial charge is 0.418 e. The number of fused-ring (bicyclic) bond motifs is 1. The van der Waals surface area contributed by atoms with Gasteiger partial charge in [0.25, 0.3) is 5.56 Å². The van der Waals surface area contributed by atoms with Gasteiger partial charge >= 0.3 is 12.1 Å². The van der Waals surface area contributed by atoms with Crippen molar-refractivity contribution in [2.24, 2.45) is 7.05 Å². The van der Waals surface area contributed by atoms with E-state index in [0.29, 0.717) is 42.8 Å². The van der Waals surface area contributed by atoms with Gasteiger partial charge < -0.3 is 19.1 Å². The van der Waals surface area contributed by atoms with Crippen LogP contribution < -0.4 is 15.4 Å². The molecule has 0 bridgehead atoms. The van der Waals surface area contributed by atoms with E-state index in [1.807, 2.05) is 23.1 Å². The molecule has 2 aromatic carbocycles. The van der Waals surface area contributed by atoms with E-state index in [2.05, 4.69) is 0 Å². The summed E-state index contributed by atoms with van der Waals surface area (Å²) < 4.78 is 47.1. The largest absolute Gasteiger partial charge is 0.462 e. The van der Waals surface area contributed by atoms with Gasteiger partial charge in [0.15, 0.2) is 0 Å². The van der Waals surface area contributed by atoms with Gasteiger partial charge in [0, 0.05) is 44.3 Å². The third kappa shape index (κ3) is 4.15. The van der Waals surface area contributed by atoms with Gasteiger partial charge in [0.05, 0.1) is 23.4 Å². The van der Waals surface area contributed by atoms with Crippen LogP contribution in [-0.4, -0.2) is 43.3 Å².